The van der Waals surface area contributed by atoms with Gasteiger partial charge in [0.15, 0.2) is 0 Å². The van der Waals surface area contributed by atoms with Gasteiger partial charge in [0, 0.05) is 43.1 Å². The summed E-state index contributed by atoms with van der Waals surface area (Å²) in [6, 6.07) is 14.7. The molecule has 2 aliphatic rings. The number of benzene rings is 2. The number of aryl methyl sites for hydroxylation is 1. The summed E-state index contributed by atoms with van der Waals surface area (Å²) < 4.78 is 5.26. The topological polar surface area (TPSA) is 36.0 Å². The number of carbonyl (C=O) groups is 1. The fourth-order valence-corrected chi connectivity index (χ4v) is 5.24. The lowest BCUT2D eigenvalue weighted by Gasteiger charge is -2.47. The Hall–Kier alpha value is -2.53. The van der Waals surface area contributed by atoms with Gasteiger partial charge < -0.3 is 14.5 Å². The van der Waals surface area contributed by atoms with E-state index in [1.54, 1.807) is 7.11 Å². The number of amides is 1. The van der Waals surface area contributed by atoms with Crippen LogP contribution in [-0.2, 0) is 4.79 Å². The van der Waals surface area contributed by atoms with Crippen LogP contribution in [0.3, 0.4) is 0 Å². The fraction of sp³-hybridized carbons (Fsp3) is 0.500. The van der Waals surface area contributed by atoms with Crippen molar-refractivity contribution in [1.82, 2.24) is 4.90 Å². The smallest absolute Gasteiger partial charge is 0.241 e. The van der Waals surface area contributed by atoms with Gasteiger partial charge in [0.2, 0.25) is 5.91 Å². The lowest BCUT2D eigenvalue weighted by molar-refractivity contribution is -0.121. The highest BCUT2D eigenvalue weighted by molar-refractivity contribution is 5.97. The highest BCUT2D eigenvalue weighted by Crippen LogP contribution is 2.43. The zero-order valence-electron chi connectivity index (χ0n) is 19.5. The number of anilines is 2. The first-order chi connectivity index (χ1) is 14.8. The van der Waals surface area contributed by atoms with Crippen molar-refractivity contribution < 1.29 is 9.53 Å². The van der Waals surface area contributed by atoms with E-state index < -0.39 is 0 Å². The number of fused-ring (bicyclic) bond motifs is 1. The summed E-state index contributed by atoms with van der Waals surface area (Å²) in [6.45, 7) is 12.9. The Bertz CT molecular complexity index is 930. The van der Waals surface area contributed by atoms with Crippen LogP contribution in [-0.4, -0.2) is 56.2 Å². The number of piperazine rings is 1. The number of rotatable bonds is 4. The molecule has 0 aromatic heterocycles. The molecule has 5 nitrogen and oxygen atoms in total. The van der Waals surface area contributed by atoms with Crippen molar-refractivity contribution in [2.75, 3.05) is 49.6 Å². The predicted octanol–water partition coefficient (Wildman–Crippen LogP) is 4.44. The second-order valence-corrected chi connectivity index (χ2v) is 9.67. The number of nitrogens with zero attached hydrogens (tertiary/aromatic N) is 3. The van der Waals surface area contributed by atoms with E-state index >= 15 is 0 Å². The van der Waals surface area contributed by atoms with Crippen LogP contribution in [0.4, 0.5) is 11.4 Å². The Morgan fingerprint density at radius 3 is 2.39 bits per heavy atom. The Balaban J connectivity index is 1.43. The van der Waals surface area contributed by atoms with Crippen molar-refractivity contribution >= 4 is 17.3 Å². The third-order valence-corrected chi connectivity index (χ3v) is 6.78. The summed E-state index contributed by atoms with van der Waals surface area (Å²) in [4.78, 5) is 20.3. The van der Waals surface area contributed by atoms with Gasteiger partial charge in [-0.05, 0) is 69.0 Å². The molecule has 0 aliphatic carbocycles. The molecule has 2 aliphatic heterocycles. The quantitative estimate of drug-likeness (QED) is 0.731. The lowest BCUT2D eigenvalue weighted by Crippen LogP contribution is -2.56. The molecule has 1 atom stereocenters. The zero-order valence-corrected chi connectivity index (χ0v) is 19.5. The number of hydrogen-bond acceptors (Lipinski definition) is 4. The molecule has 2 aromatic rings. The van der Waals surface area contributed by atoms with Crippen molar-refractivity contribution in [3.8, 4) is 5.75 Å². The molecule has 1 fully saturated rings. The number of methoxy groups -OCH3 is 1. The van der Waals surface area contributed by atoms with Gasteiger partial charge in [0.05, 0.1) is 13.7 Å². The van der Waals surface area contributed by atoms with E-state index in [4.69, 9.17) is 4.74 Å². The Morgan fingerprint density at radius 2 is 1.74 bits per heavy atom. The molecule has 0 spiro atoms. The van der Waals surface area contributed by atoms with Crippen LogP contribution in [0, 0.1) is 6.92 Å². The molecule has 0 unspecified atom stereocenters. The summed E-state index contributed by atoms with van der Waals surface area (Å²) >= 11 is 0. The zero-order chi connectivity index (χ0) is 22.2. The molecular formula is C26H35N3O2. The number of hydrogen-bond donors (Lipinski definition) is 0. The molecule has 2 heterocycles. The van der Waals surface area contributed by atoms with E-state index in [0.29, 0.717) is 12.5 Å². The van der Waals surface area contributed by atoms with E-state index in [9.17, 15) is 4.79 Å². The second-order valence-electron chi connectivity index (χ2n) is 9.67. The third kappa shape index (κ3) is 4.42. The van der Waals surface area contributed by atoms with E-state index in [0.717, 1.165) is 44.0 Å². The van der Waals surface area contributed by atoms with Gasteiger partial charge >= 0.3 is 0 Å². The first-order valence-electron chi connectivity index (χ1n) is 11.3. The van der Waals surface area contributed by atoms with Gasteiger partial charge in [-0.15, -0.1) is 0 Å². The van der Waals surface area contributed by atoms with Gasteiger partial charge in [0.1, 0.15) is 5.75 Å². The SMILES string of the molecule is COc1ccc(N2CCN(CC(=O)N3c4ccc(C)cc4[C@H](C)CC3(C)C)CC2)cc1. The van der Waals surface area contributed by atoms with E-state index in [1.807, 2.05) is 12.1 Å². The minimum Gasteiger partial charge on any atom is -0.497 e. The molecule has 5 heteroatoms. The first-order valence-corrected chi connectivity index (χ1v) is 11.3. The Labute approximate surface area is 186 Å². The summed E-state index contributed by atoms with van der Waals surface area (Å²) in [5, 5.41) is 0. The fourth-order valence-electron chi connectivity index (χ4n) is 5.24. The largest absolute Gasteiger partial charge is 0.497 e. The van der Waals surface area contributed by atoms with E-state index in [2.05, 4.69) is 72.7 Å². The summed E-state index contributed by atoms with van der Waals surface area (Å²) in [6.07, 6.45) is 0.987. The summed E-state index contributed by atoms with van der Waals surface area (Å²) in [5.41, 5.74) is 4.69. The molecule has 1 saturated heterocycles. The molecule has 4 rings (SSSR count). The van der Waals surface area contributed by atoms with Crippen LogP contribution in [0.2, 0.25) is 0 Å². The van der Waals surface area contributed by atoms with E-state index in [-0.39, 0.29) is 11.4 Å². The molecule has 0 radical (unpaired) electrons. The maximum Gasteiger partial charge on any atom is 0.241 e. The van der Waals surface area contributed by atoms with Crippen LogP contribution in [0.25, 0.3) is 0 Å². The van der Waals surface area contributed by atoms with Gasteiger partial charge in [-0.2, -0.15) is 0 Å². The van der Waals surface area contributed by atoms with Crippen LogP contribution < -0.4 is 14.5 Å². The monoisotopic (exact) mass is 421 g/mol. The van der Waals surface area contributed by atoms with Gasteiger partial charge in [0.25, 0.3) is 0 Å². The molecule has 31 heavy (non-hydrogen) atoms. The minimum atomic E-state index is -0.177. The van der Waals surface area contributed by atoms with E-state index in [1.165, 1.54) is 16.8 Å². The standard InChI is InChI=1S/C26H35N3O2/c1-19-6-11-24-23(16-19)20(2)17-26(3,4)29(24)25(30)18-27-12-14-28(15-13-27)21-7-9-22(31-5)10-8-21/h6-11,16,20H,12-15,17-18H2,1-5H3/t20-/m1/s1. The van der Waals surface area contributed by atoms with Crippen LogP contribution in [0.15, 0.2) is 42.5 Å². The number of ether oxygens (including phenoxy) is 1. The van der Waals surface area contributed by atoms with Crippen molar-refractivity contribution in [2.45, 2.75) is 45.6 Å². The molecule has 2 aromatic carbocycles. The van der Waals surface area contributed by atoms with Crippen LogP contribution >= 0.6 is 0 Å². The molecule has 166 valence electrons. The van der Waals surface area contributed by atoms with Crippen LogP contribution in [0.5, 0.6) is 5.75 Å². The predicted molar refractivity (Wildman–Crippen MR) is 127 cm³/mol. The minimum absolute atomic E-state index is 0.177. The highest BCUT2D eigenvalue weighted by Gasteiger charge is 2.40. The first kappa shape index (κ1) is 21.7. The average molecular weight is 422 g/mol. The highest BCUT2D eigenvalue weighted by atomic mass is 16.5. The molecular weight excluding hydrogens is 386 g/mol. The van der Waals surface area contributed by atoms with Gasteiger partial charge in [-0.1, -0.05) is 24.6 Å². The molecule has 0 bridgehead atoms. The van der Waals surface area contributed by atoms with Crippen molar-refractivity contribution in [3.05, 3.63) is 53.6 Å². The van der Waals surface area contributed by atoms with Crippen molar-refractivity contribution in [1.29, 1.82) is 0 Å². The average Bonchev–Trinajstić information content (AvgIpc) is 2.74. The maximum atomic E-state index is 13.5. The van der Waals surface area contributed by atoms with Crippen LogP contribution in [0.1, 0.15) is 44.2 Å². The maximum absolute atomic E-state index is 13.5. The lowest BCUT2D eigenvalue weighted by atomic mass is 9.79. The molecule has 0 N–H and O–H groups in total. The van der Waals surface area contributed by atoms with Crippen molar-refractivity contribution in [3.63, 3.8) is 0 Å². The Kier molecular flexibility index (Phi) is 5.98. The normalized spacial score (nSPS) is 21.0. The Morgan fingerprint density at radius 1 is 1.06 bits per heavy atom. The number of carbonyl (C=O) groups excluding carboxylic acids is 1. The van der Waals surface area contributed by atoms with Gasteiger partial charge in [-0.3, -0.25) is 9.69 Å². The molecule has 0 saturated carbocycles. The summed E-state index contributed by atoms with van der Waals surface area (Å²) in [5.74, 6) is 1.55. The van der Waals surface area contributed by atoms with Crippen molar-refractivity contribution in [2.24, 2.45) is 0 Å². The third-order valence-electron chi connectivity index (χ3n) is 6.78. The second kappa shape index (κ2) is 8.54. The van der Waals surface area contributed by atoms with Gasteiger partial charge in [-0.25, -0.2) is 0 Å². The summed E-state index contributed by atoms with van der Waals surface area (Å²) in [7, 11) is 1.69. The molecule has 1 amide bonds.